The Labute approximate surface area is 371 Å². The summed E-state index contributed by atoms with van der Waals surface area (Å²) in [7, 11) is 1.72. The highest BCUT2D eigenvalue weighted by molar-refractivity contribution is 9.11. The van der Waals surface area contributed by atoms with Crippen molar-refractivity contribution >= 4 is 84.2 Å². The molecule has 4 rings (SSSR count). The van der Waals surface area contributed by atoms with Crippen molar-refractivity contribution in [1.29, 1.82) is 0 Å². The Morgan fingerprint density at radius 3 is 1.29 bits per heavy atom. The minimum Gasteiger partial charge on any atom is -0.486 e. The molecule has 0 aliphatic rings. The molecular weight excluding hydrogens is 856 g/mol. The minimum atomic E-state index is 0.660. The Bertz CT molecular complexity index is 1680. The average molecular weight is 927 g/mol. The number of fused-ring (bicyclic) bond motifs is 1. The summed E-state index contributed by atoms with van der Waals surface area (Å²) in [6.07, 6.45) is 33.8. The summed E-state index contributed by atoms with van der Waals surface area (Å²) in [5.41, 5.74) is 3.39. The predicted octanol–water partition coefficient (Wildman–Crippen LogP) is 19.0. The molecule has 0 fully saturated rings. The van der Waals surface area contributed by atoms with Gasteiger partial charge in [0, 0.05) is 9.75 Å². The lowest BCUT2D eigenvalue weighted by molar-refractivity contribution is 0.404. The summed E-state index contributed by atoms with van der Waals surface area (Å²) in [5.74, 6) is 1.32. The van der Waals surface area contributed by atoms with Gasteiger partial charge >= 0.3 is 0 Å². The highest BCUT2D eigenvalue weighted by Crippen LogP contribution is 2.47. The zero-order chi connectivity index (χ0) is 40.1. The van der Waals surface area contributed by atoms with Gasteiger partial charge in [0.05, 0.1) is 26.9 Å². The van der Waals surface area contributed by atoms with Crippen molar-refractivity contribution in [2.75, 3.05) is 7.11 Å². The molecule has 4 aromatic heterocycles. The molecule has 0 saturated heterocycles. The summed E-state index contributed by atoms with van der Waals surface area (Å²) in [4.78, 5) is 15.4. The quantitative estimate of drug-likeness (QED) is 0.0472. The van der Waals surface area contributed by atoms with Crippen molar-refractivity contribution in [3.63, 3.8) is 0 Å². The SMILES string of the molecule is CCCCCCCCC(CCCCCC)Cc1sc(-c2nc3c(Br)sc(OC)c3nc2-c2cc(Cl)c(CC(CCCCCC)CCCCCCCC)s2)cc1Cl. The maximum Gasteiger partial charge on any atom is 0.203 e. The second-order valence-corrected chi connectivity index (χ2v) is 21.6. The topological polar surface area (TPSA) is 35.0 Å². The molecule has 0 N–H and O–H groups in total. The maximum atomic E-state index is 7.16. The first-order chi connectivity index (χ1) is 27.3. The van der Waals surface area contributed by atoms with E-state index in [1.54, 1.807) is 18.4 Å². The van der Waals surface area contributed by atoms with Crippen molar-refractivity contribution in [2.45, 2.75) is 195 Å². The van der Waals surface area contributed by atoms with Crippen LogP contribution in [-0.2, 0) is 12.8 Å². The molecule has 0 aliphatic heterocycles. The highest BCUT2D eigenvalue weighted by Gasteiger charge is 2.25. The standard InChI is InChI=1S/C47H71BrCl2N2OS3/c1-6-10-14-18-20-24-28-34(26-22-16-12-8-3)30-38-36(49)32-40(54-38)42-43(52-45-44(51-42)46(48)56-47(45)53-5)41-33-37(50)39(55-41)31-35(27-23-17-13-9-4)29-25-21-19-15-11-7-2/h32-35H,6-31H2,1-5H3. The first kappa shape index (κ1) is 48.0. The van der Waals surface area contributed by atoms with Gasteiger partial charge < -0.3 is 4.74 Å². The number of thiophene rings is 3. The van der Waals surface area contributed by atoms with Crippen molar-refractivity contribution < 1.29 is 4.74 Å². The smallest absolute Gasteiger partial charge is 0.203 e. The second kappa shape index (κ2) is 27.2. The third-order valence-corrected chi connectivity index (χ3v) is 16.4. The van der Waals surface area contributed by atoms with E-state index in [-0.39, 0.29) is 0 Å². The molecule has 2 unspecified atom stereocenters. The molecule has 0 aliphatic carbocycles. The summed E-state index contributed by atoms with van der Waals surface area (Å²) in [5, 5.41) is 2.50. The lowest BCUT2D eigenvalue weighted by Crippen LogP contribution is -2.05. The van der Waals surface area contributed by atoms with Crippen LogP contribution < -0.4 is 4.74 Å². The molecule has 2 atom stereocenters. The molecule has 4 aromatic rings. The molecule has 0 saturated carbocycles. The number of nitrogens with zero attached hydrogens (tertiary/aromatic N) is 2. The van der Waals surface area contributed by atoms with Crippen molar-refractivity contribution in [1.82, 2.24) is 9.97 Å². The number of hydrogen-bond donors (Lipinski definition) is 0. The van der Waals surface area contributed by atoms with E-state index in [4.69, 9.17) is 37.9 Å². The van der Waals surface area contributed by atoms with E-state index in [0.29, 0.717) is 11.8 Å². The molecule has 9 heteroatoms. The van der Waals surface area contributed by atoms with E-state index in [9.17, 15) is 0 Å². The Morgan fingerprint density at radius 2 is 0.893 bits per heavy atom. The van der Waals surface area contributed by atoms with Gasteiger partial charge in [-0.05, 0) is 52.7 Å². The van der Waals surface area contributed by atoms with Gasteiger partial charge in [0.1, 0.15) is 26.2 Å². The molecule has 314 valence electrons. The van der Waals surface area contributed by atoms with Crippen LogP contribution in [0.4, 0.5) is 0 Å². The van der Waals surface area contributed by atoms with Gasteiger partial charge in [-0.2, -0.15) is 0 Å². The van der Waals surface area contributed by atoms with Crippen LogP contribution in [-0.4, -0.2) is 17.1 Å². The van der Waals surface area contributed by atoms with Gasteiger partial charge in [0.25, 0.3) is 0 Å². The van der Waals surface area contributed by atoms with Crippen molar-refractivity contribution in [3.8, 4) is 26.2 Å². The largest absolute Gasteiger partial charge is 0.486 e. The predicted molar refractivity (Wildman–Crippen MR) is 256 cm³/mol. The van der Waals surface area contributed by atoms with Gasteiger partial charge in [-0.25, -0.2) is 9.97 Å². The van der Waals surface area contributed by atoms with Gasteiger partial charge in [-0.1, -0.05) is 216 Å². The van der Waals surface area contributed by atoms with E-state index in [0.717, 1.165) is 63.9 Å². The Balaban J connectivity index is 1.62. The summed E-state index contributed by atoms with van der Waals surface area (Å²) in [6.45, 7) is 9.19. The maximum absolute atomic E-state index is 7.16. The lowest BCUT2D eigenvalue weighted by atomic mass is 9.91. The van der Waals surface area contributed by atoms with E-state index >= 15 is 0 Å². The Hall–Kier alpha value is -0.700. The number of aromatic nitrogens is 2. The van der Waals surface area contributed by atoms with E-state index < -0.39 is 0 Å². The fourth-order valence-corrected chi connectivity index (χ4v) is 12.6. The van der Waals surface area contributed by atoms with Crippen LogP contribution in [0, 0.1) is 11.8 Å². The fraction of sp³-hybridized carbons (Fsp3) is 0.702. The van der Waals surface area contributed by atoms with Gasteiger partial charge in [0.2, 0.25) is 5.06 Å². The second-order valence-electron chi connectivity index (χ2n) is 16.2. The van der Waals surface area contributed by atoms with Crippen molar-refractivity contribution in [3.05, 3.63) is 35.7 Å². The zero-order valence-corrected chi connectivity index (χ0v) is 40.9. The zero-order valence-electron chi connectivity index (χ0n) is 35.4. The van der Waals surface area contributed by atoms with Gasteiger partial charge in [0.15, 0.2) is 0 Å². The van der Waals surface area contributed by atoms with Crippen LogP contribution in [0.2, 0.25) is 10.0 Å². The first-order valence-corrected chi connectivity index (χ1v) is 26.4. The van der Waals surface area contributed by atoms with Crippen LogP contribution in [0.1, 0.15) is 192 Å². The molecule has 3 nitrogen and oxygen atoms in total. The molecule has 0 bridgehead atoms. The molecule has 0 radical (unpaired) electrons. The van der Waals surface area contributed by atoms with E-state index in [1.807, 2.05) is 22.7 Å². The number of unbranched alkanes of at least 4 members (excludes halogenated alkanes) is 16. The third kappa shape index (κ3) is 15.4. The van der Waals surface area contributed by atoms with Crippen molar-refractivity contribution in [2.24, 2.45) is 11.8 Å². The summed E-state index contributed by atoms with van der Waals surface area (Å²) >= 11 is 23.3. The van der Waals surface area contributed by atoms with Crippen LogP contribution >= 0.6 is 73.1 Å². The number of rotatable bonds is 31. The minimum absolute atomic E-state index is 0.660. The molecular formula is C47H71BrCl2N2OS3. The number of ether oxygens (including phenoxy) is 1. The van der Waals surface area contributed by atoms with Gasteiger partial charge in [-0.15, -0.1) is 22.7 Å². The monoisotopic (exact) mass is 924 g/mol. The fourth-order valence-electron chi connectivity index (χ4n) is 8.07. The number of hydrogen-bond acceptors (Lipinski definition) is 6. The molecule has 0 spiro atoms. The van der Waals surface area contributed by atoms with Gasteiger partial charge in [-0.3, -0.25) is 0 Å². The lowest BCUT2D eigenvalue weighted by Gasteiger charge is -2.17. The first-order valence-electron chi connectivity index (χ1n) is 22.4. The molecule has 0 aromatic carbocycles. The third-order valence-electron chi connectivity index (χ3n) is 11.4. The Morgan fingerprint density at radius 1 is 0.536 bits per heavy atom. The molecule has 56 heavy (non-hydrogen) atoms. The number of methoxy groups -OCH3 is 1. The van der Waals surface area contributed by atoms with Crippen LogP contribution in [0.25, 0.3) is 32.2 Å². The average Bonchev–Trinajstić information content (AvgIpc) is 3.86. The van der Waals surface area contributed by atoms with Crippen LogP contribution in [0.3, 0.4) is 0 Å². The molecule has 0 amide bonds. The normalized spacial score (nSPS) is 12.9. The van der Waals surface area contributed by atoms with Crippen LogP contribution in [0.5, 0.6) is 5.06 Å². The van der Waals surface area contributed by atoms with E-state index in [2.05, 4.69) is 55.8 Å². The highest BCUT2D eigenvalue weighted by atomic mass is 79.9. The van der Waals surface area contributed by atoms with Crippen LogP contribution in [0.15, 0.2) is 15.9 Å². The van der Waals surface area contributed by atoms with E-state index in [1.165, 1.54) is 164 Å². The Kier molecular flexibility index (Phi) is 23.3. The summed E-state index contributed by atoms with van der Waals surface area (Å²) < 4.78 is 6.74. The summed E-state index contributed by atoms with van der Waals surface area (Å²) in [6, 6.07) is 4.30. The molecule has 4 heterocycles. The number of halogens is 3.